The zero-order valence-corrected chi connectivity index (χ0v) is 26.4. The summed E-state index contributed by atoms with van der Waals surface area (Å²) >= 11 is 0. The minimum atomic E-state index is -3.74. The highest BCUT2D eigenvalue weighted by Crippen LogP contribution is 2.23. The van der Waals surface area contributed by atoms with Gasteiger partial charge >= 0.3 is 0 Å². The Morgan fingerprint density at radius 3 is 2.55 bits per heavy atom. The molecule has 0 bridgehead atoms. The van der Waals surface area contributed by atoms with Crippen molar-refractivity contribution in [2.24, 2.45) is 0 Å². The normalized spacial score (nSPS) is 17.4. The van der Waals surface area contributed by atoms with E-state index in [2.05, 4.69) is 33.8 Å². The zero-order valence-electron chi connectivity index (χ0n) is 24.7. The minimum absolute atomic E-state index is 0.0130. The van der Waals surface area contributed by atoms with Gasteiger partial charge in [-0.3, -0.25) is 9.52 Å². The highest BCUT2D eigenvalue weighted by atomic mass is 32.2. The summed E-state index contributed by atoms with van der Waals surface area (Å²) in [5.41, 5.74) is 2.11. The first-order chi connectivity index (χ1) is 20.8. The molecule has 5 rings (SSSR count). The molecule has 0 saturated carbocycles. The molecule has 0 aliphatic carbocycles. The monoisotopic (exact) mass is 638 g/mol. The lowest BCUT2D eigenvalue weighted by Gasteiger charge is -2.28. The molecular weight excluding hydrogens is 601 g/mol. The average molecular weight is 639 g/mol. The predicted octanol–water partition coefficient (Wildman–Crippen LogP) is 3.85. The molecule has 3 aromatic carbocycles. The van der Waals surface area contributed by atoms with E-state index >= 15 is 0 Å². The number of benzene rings is 3. The van der Waals surface area contributed by atoms with Crippen LogP contribution in [0.15, 0.2) is 90.0 Å². The summed E-state index contributed by atoms with van der Waals surface area (Å²) < 4.78 is 53.5. The third-order valence-electron chi connectivity index (χ3n) is 7.93. The van der Waals surface area contributed by atoms with E-state index in [1.54, 1.807) is 48.5 Å². The second-order valence-electron chi connectivity index (χ2n) is 11.9. The van der Waals surface area contributed by atoms with Crippen molar-refractivity contribution in [2.75, 3.05) is 22.8 Å². The Morgan fingerprint density at radius 1 is 1.05 bits per heavy atom. The Kier molecular flexibility index (Phi) is 9.17. The molecule has 1 fully saturated rings. The maximum absolute atomic E-state index is 12.7. The van der Waals surface area contributed by atoms with Crippen LogP contribution in [0.25, 0.3) is 10.9 Å². The standard InChI is InChI=1S/C32H38N4O6S2/c1-32(2,33-21-30(37)24-7-6-8-26(20-24)35-44(41,42)28-9-4-3-5-10-28)15-17-36-16-13-23-19-25(11-12-29(23)36)31(38)34-27-14-18-43(39,40)22-27/h3-13,16,19-20,27,30,33,35,37H,14-15,17-18,21-22H2,1-2H3,(H,34,38)/t27?,30-/m0/s1. The van der Waals surface area contributed by atoms with Crippen LogP contribution in [-0.2, 0) is 26.4 Å². The molecule has 1 aromatic heterocycles. The third-order valence-corrected chi connectivity index (χ3v) is 11.1. The van der Waals surface area contributed by atoms with Gasteiger partial charge in [-0.05, 0) is 80.8 Å². The molecule has 0 spiro atoms. The molecule has 10 nitrogen and oxygen atoms in total. The van der Waals surface area contributed by atoms with Crippen LogP contribution in [0.4, 0.5) is 5.69 Å². The molecule has 12 heteroatoms. The van der Waals surface area contributed by atoms with Crippen molar-refractivity contribution in [1.29, 1.82) is 0 Å². The van der Waals surface area contributed by atoms with Crippen LogP contribution in [0.3, 0.4) is 0 Å². The van der Waals surface area contributed by atoms with Gasteiger partial charge in [-0.15, -0.1) is 0 Å². The Balaban J connectivity index is 1.15. The lowest BCUT2D eigenvalue weighted by atomic mass is 9.99. The number of fused-ring (bicyclic) bond motifs is 1. The number of anilines is 1. The van der Waals surface area contributed by atoms with Crippen molar-refractivity contribution in [3.05, 3.63) is 96.2 Å². The second kappa shape index (κ2) is 12.7. The summed E-state index contributed by atoms with van der Waals surface area (Å²) in [6.45, 7) is 5.08. The highest BCUT2D eigenvalue weighted by molar-refractivity contribution is 7.92. The van der Waals surface area contributed by atoms with Gasteiger partial charge in [-0.2, -0.15) is 0 Å². The number of sulfone groups is 1. The smallest absolute Gasteiger partial charge is 0.261 e. The summed E-state index contributed by atoms with van der Waals surface area (Å²) in [7, 11) is -6.81. The first-order valence-corrected chi connectivity index (χ1v) is 17.8. The Hall–Kier alpha value is -3.71. The molecule has 0 radical (unpaired) electrons. The maximum atomic E-state index is 12.7. The van der Waals surface area contributed by atoms with Crippen molar-refractivity contribution < 1.29 is 26.7 Å². The molecular formula is C32H38N4O6S2. The molecule has 1 unspecified atom stereocenters. The van der Waals surface area contributed by atoms with E-state index in [9.17, 15) is 26.7 Å². The molecule has 2 heterocycles. The quantitative estimate of drug-likeness (QED) is 0.184. The van der Waals surface area contributed by atoms with E-state index in [0.717, 1.165) is 17.3 Å². The van der Waals surface area contributed by atoms with E-state index in [0.29, 0.717) is 29.8 Å². The fourth-order valence-corrected chi connectivity index (χ4v) is 8.06. The van der Waals surface area contributed by atoms with Crippen LogP contribution in [0.1, 0.15) is 48.7 Å². The van der Waals surface area contributed by atoms with Gasteiger partial charge < -0.3 is 20.3 Å². The maximum Gasteiger partial charge on any atom is 0.261 e. The molecule has 1 amide bonds. The number of aliphatic hydroxyl groups excluding tert-OH is 1. The predicted molar refractivity (Wildman–Crippen MR) is 172 cm³/mol. The number of hydrogen-bond acceptors (Lipinski definition) is 7. The number of sulfonamides is 1. The molecule has 1 aliphatic heterocycles. The van der Waals surface area contributed by atoms with Crippen molar-refractivity contribution in [3.63, 3.8) is 0 Å². The summed E-state index contributed by atoms with van der Waals surface area (Å²) in [5.74, 6) is -0.179. The lowest BCUT2D eigenvalue weighted by Crippen LogP contribution is -2.42. The van der Waals surface area contributed by atoms with Crippen LogP contribution in [-0.4, -0.2) is 62.0 Å². The summed E-state index contributed by atoms with van der Waals surface area (Å²) in [4.78, 5) is 12.9. The first kappa shape index (κ1) is 31.7. The fraction of sp³-hybridized carbons (Fsp3) is 0.344. The third kappa shape index (κ3) is 7.86. The van der Waals surface area contributed by atoms with Crippen molar-refractivity contribution >= 4 is 42.4 Å². The van der Waals surface area contributed by atoms with E-state index in [4.69, 9.17) is 0 Å². The molecule has 1 saturated heterocycles. The minimum Gasteiger partial charge on any atom is -0.387 e. The van der Waals surface area contributed by atoms with Gasteiger partial charge in [-0.25, -0.2) is 16.8 Å². The van der Waals surface area contributed by atoms with Gasteiger partial charge in [0.05, 0.1) is 22.5 Å². The topological polar surface area (TPSA) is 147 Å². The van der Waals surface area contributed by atoms with Crippen LogP contribution in [0.5, 0.6) is 0 Å². The number of rotatable bonds is 12. The zero-order chi connectivity index (χ0) is 31.5. The van der Waals surface area contributed by atoms with Crippen LogP contribution >= 0.6 is 0 Å². The average Bonchev–Trinajstić information content (AvgIpc) is 3.56. The van der Waals surface area contributed by atoms with E-state index in [1.165, 1.54) is 12.1 Å². The van der Waals surface area contributed by atoms with Crippen LogP contribution in [0, 0.1) is 0 Å². The number of aryl methyl sites for hydroxylation is 1. The van der Waals surface area contributed by atoms with Crippen molar-refractivity contribution in [1.82, 2.24) is 15.2 Å². The molecule has 44 heavy (non-hydrogen) atoms. The van der Waals surface area contributed by atoms with Gasteiger partial charge in [-0.1, -0.05) is 30.3 Å². The number of aliphatic hydroxyl groups is 1. The molecule has 234 valence electrons. The number of carbonyl (C=O) groups excluding carboxylic acids is 1. The van der Waals surface area contributed by atoms with Gasteiger partial charge in [0.2, 0.25) is 0 Å². The second-order valence-corrected chi connectivity index (χ2v) is 15.8. The van der Waals surface area contributed by atoms with Crippen molar-refractivity contribution in [3.8, 4) is 0 Å². The number of β-amino-alcohol motifs (C(OH)–C–C–N with tert-alkyl or cyclic N) is 1. The first-order valence-electron chi connectivity index (χ1n) is 14.5. The molecule has 4 aromatic rings. The van der Waals surface area contributed by atoms with Gasteiger partial charge in [0, 0.05) is 53.0 Å². The van der Waals surface area contributed by atoms with Gasteiger partial charge in [0.15, 0.2) is 9.84 Å². The summed E-state index contributed by atoms with van der Waals surface area (Å²) in [6.07, 6.45) is 2.31. The van der Waals surface area contributed by atoms with Gasteiger partial charge in [0.1, 0.15) is 0 Å². The summed E-state index contributed by atoms with van der Waals surface area (Å²) in [5, 5.41) is 18.1. The molecule has 2 atom stereocenters. The fourth-order valence-electron chi connectivity index (χ4n) is 5.32. The number of hydrogen-bond donors (Lipinski definition) is 4. The number of nitrogens with zero attached hydrogens (tertiary/aromatic N) is 1. The SMILES string of the molecule is CC(C)(CCn1ccc2cc(C(=O)NC3CCS(=O)(=O)C3)ccc21)NC[C@H](O)c1cccc(NS(=O)(=O)c2ccccc2)c1. The van der Waals surface area contributed by atoms with Crippen LogP contribution in [0.2, 0.25) is 0 Å². The van der Waals surface area contributed by atoms with Gasteiger partial charge in [0.25, 0.3) is 15.9 Å². The van der Waals surface area contributed by atoms with E-state index in [1.807, 2.05) is 24.4 Å². The number of amides is 1. The number of nitrogens with one attached hydrogen (secondary N) is 3. The summed E-state index contributed by atoms with van der Waals surface area (Å²) in [6, 6.07) is 21.9. The van der Waals surface area contributed by atoms with Crippen LogP contribution < -0.4 is 15.4 Å². The Morgan fingerprint density at radius 2 is 1.82 bits per heavy atom. The Bertz CT molecular complexity index is 1850. The molecule has 1 aliphatic rings. The number of carbonyl (C=O) groups is 1. The van der Waals surface area contributed by atoms with E-state index < -0.39 is 26.0 Å². The molecule has 4 N–H and O–H groups in total. The Labute approximate surface area is 258 Å². The van der Waals surface area contributed by atoms with E-state index in [-0.39, 0.29) is 40.4 Å². The largest absolute Gasteiger partial charge is 0.387 e. The van der Waals surface area contributed by atoms with Crippen molar-refractivity contribution in [2.45, 2.75) is 55.8 Å². The highest BCUT2D eigenvalue weighted by Gasteiger charge is 2.29. The number of aromatic nitrogens is 1. The lowest BCUT2D eigenvalue weighted by molar-refractivity contribution is 0.0941.